The Morgan fingerprint density at radius 3 is 2.36 bits per heavy atom. The van der Waals surface area contributed by atoms with Crippen LogP contribution in [0.25, 0.3) is 0 Å². The molecule has 0 spiro atoms. The predicted octanol–water partition coefficient (Wildman–Crippen LogP) is -0.635. The highest BCUT2D eigenvalue weighted by Crippen LogP contribution is 1.86. The zero-order chi connectivity index (χ0) is 11.1. The van der Waals surface area contributed by atoms with Gasteiger partial charge in [0.25, 0.3) is 0 Å². The molecule has 0 aliphatic heterocycles. The fraction of sp³-hybridized carbons (Fsp3) is 0.778. The molecule has 0 saturated heterocycles. The van der Waals surface area contributed by atoms with E-state index in [2.05, 4.69) is 10.6 Å². The molecule has 0 bridgehead atoms. The van der Waals surface area contributed by atoms with E-state index in [0.717, 1.165) is 6.42 Å². The first-order chi connectivity index (χ1) is 6.47. The lowest BCUT2D eigenvalue weighted by Crippen LogP contribution is -2.46. The number of carbonyl (C=O) groups excluding carboxylic acids is 2. The van der Waals surface area contributed by atoms with Crippen molar-refractivity contribution in [2.45, 2.75) is 39.3 Å². The van der Waals surface area contributed by atoms with Crippen LogP contribution in [-0.2, 0) is 9.59 Å². The highest BCUT2D eigenvalue weighted by molar-refractivity contribution is 5.86. The van der Waals surface area contributed by atoms with Gasteiger partial charge >= 0.3 is 0 Å². The highest BCUT2D eigenvalue weighted by Gasteiger charge is 2.11. The largest absolute Gasteiger partial charge is 0.368 e. The van der Waals surface area contributed by atoms with E-state index in [9.17, 15) is 9.59 Å². The molecule has 0 aromatic carbocycles. The smallest absolute Gasteiger partial charge is 0.239 e. The quantitative estimate of drug-likeness (QED) is 0.534. The number of amides is 2. The van der Waals surface area contributed by atoms with E-state index >= 15 is 0 Å². The van der Waals surface area contributed by atoms with Crippen LogP contribution in [0.15, 0.2) is 0 Å². The summed E-state index contributed by atoms with van der Waals surface area (Å²) in [7, 11) is 0. The molecule has 0 rings (SSSR count). The van der Waals surface area contributed by atoms with Gasteiger partial charge in [0.05, 0.1) is 6.54 Å². The van der Waals surface area contributed by atoms with Crippen molar-refractivity contribution in [2.75, 3.05) is 6.54 Å². The average molecular weight is 201 g/mol. The van der Waals surface area contributed by atoms with E-state index in [1.54, 1.807) is 6.92 Å². The maximum absolute atomic E-state index is 11.2. The molecule has 2 amide bonds. The molecule has 0 heterocycles. The summed E-state index contributed by atoms with van der Waals surface area (Å²) in [5.74, 6) is -0.738. The number of nitrogens with one attached hydrogen (secondary N) is 2. The predicted molar refractivity (Wildman–Crippen MR) is 54.6 cm³/mol. The van der Waals surface area contributed by atoms with Gasteiger partial charge in [0, 0.05) is 6.04 Å². The Kier molecular flexibility index (Phi) is 5.87. The van der Waals surface area contributed by atoms with E-state index in [4.69, 9.17) is 5.73 Å². The third kappa shape index (κ3) is 5.53. The Bertz CT molecular complexity index is 206. The zero-order valence-electron chi connectivity index (χ0n) is 8.96. The van der Waals surface area contributed by atoms with Crippen LogP contribution in [0.5, 0.6) is 0 Å². The summed E-state index contributed by atoms with van der Waals surface area (Å²) in [6.45, 7) is 5.79. The second-order valence-corrected chi connectivity index (χ2v) is 3.38. The molecule has 0 aromatic rings. The SMILES string of the molecule is CCC(C)NCC(=O)NC(C)C(N)=O. The summed E-state index contributed by atoms with van der Waals surface area (Å²) < 4.78 is 0. The first-order valence-corrected chi connectivity index (χ1v) is 4.79. The topological polar surface area (TPSA) is 84.2 Å². The minimum Gasteiger partial charge on any atom is -0.368 e. The Labute approximate surface area is 84.4 Å². The van der Waals surface area contributed by atoms with E-state index in [1.807, 2.05) is 13.8 Å². The highest BCUT2D eigenvalue weighted by atomic mass is 16.2. The molecule has 5 nitrogen and oxygen atoms in total. The van der Waals surface area contributed by atoms with Crippen molar-refractivity contribution in [3.8, 4) is 0 Å². The van der Waals surface area contributed by atoms with Gasteiger partial charge in [0.15, 0.2) is 0 Å². The number of primary amides is 1. The first kappa shape index (κ1) is 12.9. The number of carbonyl (C=O) groups is 2. The monoisotopic (exact) mass is 201 g/mol. The Balaban J connectivity index is 3.71. The van der Waals surface area contributed by atoms with Crippen LogP contribution >= 0.6 is 0 Å². The standard InChI is InChI=1S/C9H19N3O2/c1-4-6(2)11-5-8(13)12-7(3)9(10)14/h6-7,11H,4-5H2,1-3H3,(H2,10,14)(H,12,13). The third-order valence-electron chi connectivity index (χ3n) is 2.03. The Morgan fingerprint density at radius 1 is 1.36 bits per heavy atom. The van der Waals surface area contributed by atoms with Crippen LogP contribution in [0.2, 0.25) is 0 Å². The lowest BCUT2D eigenvalue weighted by molar-refractivity contribution is -0.126. The molecular formula is C9H19N3O2. The Hall–Kier alpha value is -1.10. The maximum Gasteiger partial charge on any atom is 0.239 e. The third-order valence-corrected chi connectivity index (χ3v) is 2.03. The second-order valence-electron chi connectivity index (χ2n) is 3.38. The average Bonchev–Trinajstić information content (AvgIpc) is 2.13. The Morgan fingerprint density at radius 2 is 1.93 bits per heavy atom. The fourth-order valence-electron chi connectivity index (χ4n) is 0.775. The van der Waals surface area contributed by atoms with Crippen LogP contribution in [0.3, 0.4) is 0 Å². The first-order valence-electron chi connectivity index (χ1n) is 4.79. The molecule has 0 aliphatic carbocycles. The molecule has 0 fully saturated rings. The summed E-state index contributed by atoms with van der Waals surface area (Å²) in [4.78, 5) is 21.8. The molecule has 0 radical (unpaired) electrons. The normalized spacial score (nSPS) is 14.5. The van der Waals surface area contributed by atoms with Gasteiger partial charge in [-0.25, -0.2) is 0 Å². The molecule has 2 unspecified atom stereocenters. The number of hydrogen-bond acceptors (Lipinski definition) is 3. The summed E-state index contributed by atoms with van der Waals surface area (Å²) in [5, 5.41) is 5.49. The molecule has 4 N–H and O–H groups in total. The summed E-state index contributed by atoms with van der Waals surface area (Å²) in [6, 6.07) is -0.314. The van der Waals surface area contributed by atoms with E-state index in [-0.39, 0.29) is 12.5 Å². The molecule has 0 aliphatic rings. The molecular weight excluding hydrogens is 182 g/mol. The minimum absolute atomic E-state index is 0.211. The fourth-order valence-corrected chi connectivity index (χ4v) is 0.775. The van der Waals surface area contributed by atoms with Gasteiger partial charge in [0.2, 0.25) is 11.8 Å². The summed E-state index contributed by atoms with van der Waals surface area (Å²) >= 11 is 0. The molecule has 0 aromatic heterocycles. The summed E-state index contributed by atoms with van der Waals surface area (Å²) in [5.41, 5.74) is 4.99. The lowest BCUT2D eigenvalue weighted by atomic mass is 10.2. The summed E-state index contributed by atoms with van der Waals surface area (Å²) in [6.07, 6.45) is 0.957. The minimum atomic E-state index is -0.610. The van der Waals surface area contributed by atoms with Gasteiger partial charge in [0.1, 0.15) is 6.04 Å². The van der Waals surface area contributed by atoms with Crippen LogP contribution < -0.4 is 16.4 Å². The lowest BCUT2D eigenvalue weighted by Gasteiger charge is -2.13. The van der Waals surface area contributed by atoms with E-state index in [1.165, 1.54) is 0 Å². The van der Waals surface area contributed by atoms with Crippen LogP contribution in [-0.4, -0.2) is 30.4 Å². The second kappa shape index (κ2) is 6.37. The van der Waals surface area contributed by atoms with Crippen molar-refractivity contribution < 1.29 is 9.59 Å². The van der Waals surface area contributed by atoms with Crippen molar-refractivity contribution in [3.63, 3.8) is 0 Å². The zero-order valence-corrected chi connectivity index (χ0v) is 8.96. The number of nitrogens with two attached hydrogens (primary N) is 1. The maximum atomic E-state index is 11.2. The van der Waals surface area contributed by atoms with Gasteiger partial charge < -0.3 is 16.4 Å². The van der Waals surface area contributed by atoms with Crippen molar-refractivity contribution in [1.82, 2.24) is 10.6 Å². The van der Waals surface area contributed by atoms with Crippen molar-refractivity contribution in [2.24, 2.45) is 5.73 Å². The molecule has 14 heavy (non-hydrogen) atoms. The van der Waals surface area contributed by atoms with Crippen molar-refractivity contribution in [1.29, 1.82) is 0 Å². The van der Waals surface area contributed by atoms with Gasteiger partial charge in [-0.1, -0.05) is 6.92 Å². The van der Waals surface area contributed by atoms with Gasteiger partial charge in [-0.3, -0.25) is 9.59 Å². The van der Waals surface area contributed by atoms with Crippen LogP contribution in [0, 0.1) is 0 Å². The molecule has 0 saturated carbocycles. The van der Waals surface area contributed by atoms with Crippen molar-refractivity contribution >= 4 is 11.8 Å². The van der Waals surface area contributed by atoms with Gasteiger partial charge in [-0.2, -0.15) is 0 Å². The van der Waals surface area contributed by atoms with Gasteiger partial charge in [-0.05, 0) is 20.3 Å². The van der Waals surface area contributed by atoms with Crippen LogP contribution in [0.4, 0.5) is 0 Å². The number of hydrogen-bond donors (Lipinski definition) is 3. The number of rotatable bonds is 6. The van der Waals surface area contributed by atoms with E-state index < -0.39 is 11.9 Å². The molecule has 2 atom stereocenters. The van der Waals surface area contributed by atoms with E-state index in [0.29, 0.717) is 6.04 Å². The van der Waals surface area contributed by atoms with Gasteiger partial charge in [-0.15, -0.1) is 0 Å². The van der Waals surface area contributed by atoms with Crippen molar-refractivity contribution in [3.05, 3.63) is 0 Å². The molecule has 82 valence electrons. The molecule has 5 heteroatoms. The van der Waals surface area contributed by atoms with Crippen LogP contribution in [0.1, 0.15) is 27.2 Å².